The van der Waals surface area contributed by atoms with Gasteiger partial charge in [-0.1, -0.05) is 36.4 Å². The van der Waals surface area contributed by atoms with E-state index in [4.69, 9.17) is 0 Å². The minimum atomic E-state index is -0.330. The van der Waals surface area contributed by atoms with Crippen molar-refractivity contribution in [3.05, 3.63) is 71.6 Å². The Morgan fingerprint density at radius 2 is 1.53 bits per heavy atom. The zero-order valence-corrected chi connectivity index (χ0v) is 10.8. The van der Waals surface area contributed by atoms with E-state index in [-0.39, 0.29) is 10.9 Å². The molecule has 0 amide bonds. The van der Waals surface area contributed by atoms with Crippen LogP contribution in [0, 0.1) is 10.9 Å². The van der Waals surface area contributed by atoms with Crippen molar-refractivity contribution in [2.24, 2.45) is 0 Å². The molecule has 0 fully saturated rings. The zero-order valence-electron chi connectivity index (χ0n) is 9.94. The molecule has 0 bridgehead atoms. The monoisotopic (exact) mass is 272 g/mol. The van der Waals surface area contributed by atoms with Gasteiger partial charge < -0.3 is 0 Å². The van der Waals surface area contributed by atoms with E-state index < -0.39 is 0 Å². The Labute approximate surface area is 114 Å². The van der Waals surface area contributed by atoms with Gasteiger partial charge in [-0.15, -0.1) is 11.3 Å². The molecule has 3 aromatic rings. The molecule has 94 valence electrons. The SMILES string of the molecule is Fc1ccc(-c2ccc(-c3ccccc3)cc2F)s1. The quantitative estimate of drug-likeness (QED) is 0.589. The van der Waals surface area contributed by atoms with Crippen LogP contribution in [0.25, 0.3) is 21.6 Å². The Kier molecular flexibility index (Phi) is 3.13. The highest BCUT2D eigenvalue weighted by molar-refractivity contribution is 7.13. The van der Waals surface area contributed by atoms with Crippen LogP contribution in [0.3, 0.4) is 0 Å². The molecule has 0 atom stereocenters. The van der Waals surface area contributed by atoms with E-state index >= 15 is 0 Å². The average molecular weight is 272 g/mol. The van der Waals surface area contributed by atoms with Crippen molar-refractivity contribution in [2.45, 2.75) is 0 Å². The summed E-state index contributed by atoms with van der Waals surface area (Å²) >= 11 is 0.950. The molecular formula is C16H10F2S. The summed E-state index contributed by atoms with van der Waals surface area (Å²) < 4.78 is 27.1. The number of rotatable bonds is 2. The molecule has 0 unspecified atom stereocenters. The second-order valence-corrected chi connectivity index (χ2v) is 5.20. The first-order valence-corrected chi connectivity index (χ1v) is 6.66. The Balaban J connectivity index is 2.03. The molecule has 2 aromatic carbocycles. The summed E-state index contributed by atoms with van der Waals surface area (Å²) in [4.78, 5) is 0.606. The lowest BCUT2D eigenvalue weighted by molar-refractivity contribution is 0.632. The number of hydrogen-bond donors (Lipinski definition) is 0. The largest absolute Gasteiger partial charge is 0.206 e. The molecule has 3 heteroatoms. The van der Waals surface area contributed by atoms with Crippen LogP contribution in [0.5, 0.6) is 0 Å². The van der Waals surface area contributed by atoms with Crippen molar-refractivity contribution >= 4 is 11.3 Å². The van der Waals surface area contributed by atoms with Gasteiger partial charge in [0.15, 0.2) is 5.13 Å². The highest BCUT2D eigenvalue weighted by Crippen LogP contribution is 2.31. The van der Waals surface area contributed by atoms with E-state index in [1.54, 1.807) is 12.1 Å². The van der Waals surface area contributed by atoms with Gasteiger partial charge in [-0.05, 0) is 35.4 Å². The van der Waals surface area contributed by atoms with Gasteiger partial charge in [0.05, 0.1) is 0 Å². The fourth-order valence-corrected chi connectivity index (χ4v) is 2.74. The third-order valence-electron chi connectivity index (χ3n) is 2.91. The van der Waals surface area contributed by atoms with Crippen molar-refractivity contribution < 1.29 is 8.78 Å². The van der Waals surface area contributed by atoms with E-state index in [0.29, 0.717) is 10.4 Å². The first-order valence-electron chi connectivity index (χ1n) is 5.85. The molecule has 3 rings (SSSR count). The topological polar surface area (TPSA) is 0 Å². The zero-order chi connectivity index (χ0) is 13.2. The number of benzene rings is 2. The smallest absolute Gasteiger partial charge is 0.176 e. The van der Waals surface area contributed by atoms with Crippen LogP contribution in [0.4, 0.5) is 8.78 Å². The molecule has 0 saturated carbocycles. The van der Waals surface area contributed by atoms with Gasteiger partial charge in [-0.25, -0.2) is 4.39 Å². The molecule has 0 spiro atoms. The third kappa shape index (κ3) is 2.42. The van der Waals surface area contributed by atoms with E-state index in [9.17, 15) is 8.78 Å². The van der Waals surface area contributed by atoms with Crippen LogP contribution in [0.1, 0.15) is 0 Å². The van der Waals surface area contributed by atoms with Crippen molar-refractivity contribution in [2.75, 3.05) is 0 Å². The van der Waals surface area contributed by atoms with Gasteiger partial charge in [0.1, 0.15) is 5.82 Å². The summed E-state index contributed by atoms with van der Waals surface area (Å²) in [6.45, 7) is 0. The maximum Gasteiger partial charge on any atom is 0.176 e. The molecule has 0 N–H and O–H groups in total. The second kappa shape index (κ2) is 4.94. The predicted molar refractivity (Wildman–Crippen MR) is 75.1 cm³/mol. The maximum absolute atomic E-state index is 14.1. The highest BCUT2D eigenvalue weighted by atomic mass is 32.1. The lowest BCUT2D eigenvalue weighted by Crippen LogP contribution is -1.84. The van der Waals surface area contributed by atoms with Gasteiger partial charge in [0.25, 0.3) is 0 Å². The predicted octanol–water partition coefficient (Wildman–Crippen LogP) is 5.36. The minimum Gasteiger partial charge on any atom is -0.206 e. The van der Waals surface area contributed by atoms with Crippen molar-refractivity contribution in [3.8, 4) is 21.6 Å². The van der Waals surface area contributed by atoms with Crippen LogP contribution in [0.15, 0.2) is 60.7 Å². The minimum absolute atomic E-state index is 0.304. The summed E-state index contributed by atoms with van der Waals surface area (Å²) in [6, 6.07) is 17.6. The summed E-state index contributed by atoms with van der Waals surface area (Å²) in [5.41, 5.74) is 2.22. The average Bonchev–Trinajstić information content (AvgIpc) is 2.86. The molecule has 1 aromatic heterocycles. The molecule has 0 aliphatic carbocycles. The van der Waals surface area contributed by atoms with Crippen LogP contribution in [-0.2, 0) is 0 Å². The maximum atomic E-state index is 14.1. The van der Waals surface area contributed by atoms with Gasteiger partial charge in [-0.2, -0.15) is 4.39 Å². The summed E-state index contributed by atoms with van der Waals surface area (Å²) in [5, 5.41) is -0.304. The standard InChI is InChI=1S/C16H10F2S/c17-14-10-12(11-4-2-1-3-5-11)6-7-13(14)15-8-9-16(18)19-15/h1-10H. The highest BCUT2D eigenvalue weighted by Gasteiger charge is 2.09. The Bertz CT molecular complexity index is 702. The van der Waals surface area contributed by atoms with E-state index in [2.05, 4.69) is 0 Å². The summed E-state index contributed by atoms with van der Waals surface area (Å²) in [6.07, 6.45) is 0. The Morgan fingerprint density at radius 1 is 0.737 bits per heavy atom. The van der Waals surface area contributed by atoms with E-state index in [1.807, 2.05) is 36.4 Å². The van der Waals surface area contributed by atoms with Gasteiger partial charge in [-0.3, -0.25) is 0 Å². The summed E-state index contributed by atoms with van der Waals surface area (Å²) in [5.74, 6) is -0.330. The lowest BCUT2D eigenvalue weighted by Gasteiger charge is -2.05. The molecule has 0 nitrogen and oxygen atoms in total. The third-order valence-corrected chi connectivity index (χ3v) is 3.82. The molecular weight excluding hydrogens is 262 g/mol. The fraction of sp³-hybridized carbons (Fsp3) is 0. The Hall–Kier alpha value is -2.00. The van der Waals surface area contributed by atoms with E-state index in [0.717, 1.165) is 22.5 Å². The number of thiophene rings is 1. The van der Waals surface area contributed by atoms with Crippen LogP contribution in [0.2, 0.25) is 0 Å². The summed E-state index contributed by atoms with van der Waals surface area (Å²) in [7, 11) is 0. The van der Waals surface area contributed by atoms with Crippen molar-refractivity contribution in [1.82, 2.24) is 0 Å². The molecule has 1 heterocycles. The molecule has 0 aliphatic heterocycles. The van der Waals surface area contributed by atoms with Crippen LogP contribution < -0.4 is 0 Å². The van der Waals surface area contributed by atoms with Crippen molar-refractivity contribution in [3.63, 3.8) is 0 Å². The second-order valence-electron chi connectivity index (χ2n) is 4.16. The lowest BCUT2D eigenvalue weighted by atomic mass is 10.0. The first kappa shape index (κ1) is 12.1. The van der Waals surface area contributed by atoms with Crippen LogP contribution >= 0.6 is 11.3 Å². The fourth-order valence-electron chi connectivity index (χ4n) is 1.98. The van der Waals surface area contributed by atoms with Crippen molar-refractivity contribution in [1.29, 1.82) is 0 Å². The Morgan fingerprint density at radius 3 is 2.16 bits per heavy atom. The molecule has 0 radical (unpaired) electrons. The van der Waals surface area contributed by atoms with E-state index in [1.165, 1.54) is 12.1 Å². The van der Waals surface area contributed by atoms with Gasteiger partial charge in [0, 0.05) is 10.4 Å². The molecule has 0 aliphatic rings. The first-order chi connectivity index (χ1) is 9.24. The van der Waals surface area contributed by atoms with Gasteiger partial charge in [0.2, 0.25) is 0 Å². The molecule has 19 heavy (non-hydrogen) atoms. The van der Waals surface area contributed by atoms with Crippen LogP contribution in [-0.4, -0.2) is 0 Å². The molecule has 0 saturated heterocycles. The van der Waals surface area contributed by atoms with Gasteiger partial charge >= 0.3 is 0 Å². The number of halogens is 2. The number of hydrogen-bond acceptors (Lipinski definition) is 1. The normalized spacial score (nSPS) is 10.6.